The molecule has 0 N–H and O–H groups in total. The summed E-state index contributed by atoms with van der Waals surface area (Å²) in [6.07, 6.45) is 1.78. The Labute approximate surface area is 182 Å². The lowest BCUT2D eigenvalue weighted by Crippen LogP contribution is -2.22. The van der Waals surface area contributed by atoms with Crippen LogP contribution in [0, 0.1) is 13.8 Å². The molecule has 2 aromatic carbocycles. The highest BCUT2D eigenvalue weighted by Crippen LogP contribution is 2.38. The number of hydrogen-bond acceptors (Lipinski definition) is 3. The fraction of sp³-hybridized carbons (Fsp3) is 0.407. The molecule has 0 aliphatic heterocycles. The predicted molar refractivity (Wildman–Crippen MR) is 129 cm³/mol. The Balaban J connectivity index is 2.08. The molecule has 1 aromatic heterocycles. The minimum Gasteiger partial charge on any atom is -0.468 e. The van der Waals surface area contributed by atoms with Crippen LogP contribution < -0.4 is 9.80 Å². The molecule has 0 bridgehead atoms. The van der Waals surface area contributed by atoms with Crippen LogP contribution in [0.5, 0.6) is 0 Å². The van der Waals surface area contributed by atoms with Gasteiger partial charge in [0.05, 0.1) is 12.2 Å². The van der Waals surface area contributed by atoms with Crippen molar-refractivity contribution in [3.05, 3.63) is 82.8 Å². The maximum atomic E-state index is 5.93. The van der Waals surface area contributed by atoms with Gasteiger partial charge >= 0.3 is 0 Å². The molecule has 0 aliphatic carbocycles. The molecule has 0 saturated carbocycles. The van der Waals surface area contributed by atoms with Crippen LogP contribution in [0.3, 0.4) is 0 Å². The highest BCUT2D eigenvalue weighted by atomic mass is 16.3. The molecule has 3 nitrogen and oxygen atoms in total. The van der Waals surface area contributed by atoms with Gasteiger partial charge in [-0.15, -0.1) is 0 Å². The zero-order valence-electron chi connectivity index (χ0n) is 19.4. The van der Waals surface area contributed by atoms with Crippen molar-refractivity contribution >= 4 is 11.4 Å². The predicted octanol–water partition coefficient (Wildman–Crippen LogP) is 6.77. The fourth-order valence-electron chi connectivity index (χ4n) is 4.47. The van der Waals surface area contributed by atoms with Crippen molar-refractivity contribution in [1.29, 1.82) is 0 Å². The molecule has 30 heavy (non-hydrogen) atoms. The van der Waals surface area contributed by atoms with Crippen molar-refractivity contribution in [2.24, 2.45) is 0 Å². The molecule has 0 saturated heterocycles. The van der Waals surface area contributed by atoms with E-state index < -0.39 is 0 Å². The number of aryl methyl sites for hydroxylation is 2. The van der Waals surface area contributed by atoms with Crippen molar-refractivity contribution < 1.29 is 4.42 Å². The minimum atomic E-state index is 0.0940. The first kappa shape index (κ1) is 22.0. The SMILES string of the molecule is CCN(CC)c1ccc(C(c2ccco2)c2ccc(N(CC)CC)cc2C)c(C)c1. The second-order valence-corrected chi connectivity index (χ2v) is 7.87. The Morgan fingerprint density at radius 2 is 1.17 bits per heavy atom. The fourth-order valence-corrected chi connectivity index (χ4v) is 4.47. The highest BCUT2D eigenvalue weighted by Gasteiger charge is 2.23. The summed E-state index contributed by atoms with van der Waals surface area (Å²) in [5.41, 5.74) is 7.78. The molecular formula is C27H36N2O. The van der Waals surface area contributed by atoms with E-state index in [1.54, 1.807) is 6.26 Å². The number of anilines is 2. The van der Waals surface area contributed by atoms with Crippen LogP contribution in [0.1, 0.15) is 61.6 Å². The van der Waals surface area contributed by atoms with E-state index in [2.05, 4.69) is 93.8 Å². The molecule has 0 aliphatic rings. The number of benzene rings is 2. The Bertz CT molecular complexity index is 876. The van der Waals surface area contributed by atoms with Gasteiger partial charge in [-0.2, -0.15) is 0 Å². The van der Waals surface area contributed by atoms with Gasteiger partial charge in [0.25, 0.3) is 0 Å². The molecule has 0 spiro atoms. The first-order valence-electron chi connectivity index (χ1n) is 11.3. The van der Waals surface area contributed by atoms with Crippen LogP contribution in [0.2, 0.25) is 0 Å². The normalized spacial score (nSPS) is 11.2. The van der Waals surface area contributed by atoms with Crippen LogP contribution in [0.25, 0.3) is 0 Å². The van der Waals surface area contributed by atoms with E-state index >= 15 is 0 Å². The topological polar surface area (TPSA) is 19.6 Å². The van der Waals surface area contributed by atoms with E-state index in [4.69, 9.17) is 4.42 Å². The van der Waals surface area contributed by atoms with Crippen molar-refractivity contribution in [3.8, 4) is 0 Å². The summed E-state index contributed by atoms with van der Waals surface area (Å²) in [5.74, 6) is 1.09. The summed E-state index contributed by atoms with van der Waals surface area (Å²) in [6.45, 7) is 17.3. The van der Waals surface area contributed by atoms with E-state index in [0.717, 1.165) is 31.9 Å². The maximum absolute atomic E-state index is 5.93. The van der Waals surface area contributed by atoms with E-state index in [9.17, 15) is 0 Å². The zero-order chi connectivity index (χ0) is 21.7. The van der Waals surface area contributed by atoms with Gasteiger partial charge in [-0.05, 0) is 100 Å². The van der Waals surface area contributed by atoms with Crippen molar-refractivity contribution in [1.82, 2.24) is 0 Å². The summed E-state index contributed by atoms with van der Waals surface area (Å²) >= 11 is 0. The first-order valence-corrected chi connectivity index (χ1v) is 11.3. The van der Waals surface area contributed by atoms with Crippen LogP contribution >= 0.6 is 0 Å². The largest absolute Gasteiger partial charge is 0.468 e. The summed E-state index contributed by atoms with van der Waals surface area (Å²) in [6, 6.07) is 17.8. The summed E-state index contributed by atoms with van der Waals surface area (Å²) in [5, 5.41) is 0. The molecule has 0 unspecified atom stereocenters. The van der Waals surface area contributed by atoms with E-state index in [0.29, 0.717) is 0 Å². The molecule has 160 valence electrons. The highest BCUT2D eigenvalue weighted by molar-refractivity contribution is 5.57. The second kappa shape index (κ2) is 9.88. The minimum absolute atomic E-state index is 0.0940. The molecule has 0 fully saturated rings. The number of nitrogens with zero attached hydrogens (tertiary/aromatic N) is 2. The molecule has 1 heterocycles. The van der Waals surface area contributed by atoms with Crippen molar-refractivity contribution in [2.45, 2.75) is 47.5 Å². The summed E-state index contributed by atoms with van der Waals surface area (Å²) in [7, 11) is 0. The average molecular weight is 405 g/mol. The van der Waals surface area contributed by atoms with Gasteiger partial charge in [-0.1, -0.05) is 12.1 Å². The van der Waals surface area contributed by atoms with E-state index in [1.165, 1.54) is 33.6 Å². The quantitative estimate of drug-likeness (QED) is 0.392. The van der Waals surface area contributed by atoms with Crippen LogP contribution in [0.15, 0.2) is 59.2 Å². The molecule has 0 radical (unpaired) electrons. The van der Waals surface area contributed by atoms with Gasteiger partial charge in [0.1, 0.15) is 5.76 Å². The second-order valence-electron chi connectivity index (χ2n) is 7.87. The van der Waals surface area contributed by atoms with Gasteiger partial charge < -0.3 is 14.2 Å². The standard InChI is InChI=1S/C27H36N2O/c1-7-28(8-2)22-13-15-24(20(5)18-22)27(26-12-11-17-30-26)25-16-14-23(19-21(25)6)29(9-3)10-4/h11-19,27H,7-10H2,1-6H3. The molecule has 0 amide bonds. The van der Waals surface area contributed by atoms with Gasteiger partial charge in [-0.3, -0.25) is 0 Å². The summed E-state index contributed by atoms with van der Waals surface area (Å²) in [4.78, 5) is 4.78. The van der Waals surface area contributed by atoms with E-state index in [-0.39, 0.29) is 5.92 Å². The molecule has 3 rings (SSSR count). The number of furan rings is 1. The molecular weight excluding hydrogens is 368 g/mol. The van der Waals surface area contributed by atoms with Gasteiger partial charge in [-0.25, -0.2) is 0 Å². The van der Waals surface area contributed by atoms with Gasteiger partial charge in [0.15, 0.2) is 0 Å². The lowest BCUT2D eigenvalue weighted by atomic mass is 9.84. The lowest BCUT2D eigenvalue weighted by Gasteiger charge is -2.26. The molecule has 3 aromatic rings. The van der Waals surface area contributed by atoms with E-state index in [1.807, 2.05) is 6.07 Å². The zero-order valence-corrected chi connectivity index (χ0v) is 19.4. The lowest BCUT2D eigenvalue weighted by molar-refractivity contribution is 0.502. The summed E-state index contributed by atoms with van der Waals surface area (Å²) < 4.78 is 5.93. The third-order valence-electron chi connectivity index (χ3n) is 6.21. The average Bonchev–Trinajstić information content (AvgIpc) is 3.27. The van der Waals surface area contributed by atoms with Gasteiger partial charge in [0, 0.05) is 37.6 Å². The Morgan fingerprint density at radius 3 is 1.50 bits per heavy atom. The van der Waals surface area contributed by atoms with Gasteiger partial charge in [0.2, 0.25) is 0 Å². The van der Waals surface area contributed by atoms with Crippen molar-refractivity contribution in [2.75, 3.05) is 36.0 Å². The van der Waals surface area contributed by atoms with Crippen LogP contribution in [0.4, 0.5) is 11.4 Å². The Kier molecular flexibility index (Phi) is 7.25. The van der Waals surface area contributed by atoms with Crippen LogP contribution in [-0.2, 0) is 0 Å². The Morgan fingerprint density at radius 1 is 0.700 bits per heavy atom. The number of rotatable bonds is 9. The molecule has 0 atom stereocenters. The first-order chi connectivity index (χ1) is 14.5. The Hall–Kier alpha value is -2.68. The maximum Gasteiger partial charge on any atom is 0.115 e. The van der Waals surface area contributed by atoms with Crippen LogP contribution in [-0.4, -0.2) is 26.2 Å². The molecule has 3 heteroatoms. The monoisotopic (exact) mass is 404 g/mol. The third-order valence-corrected chi connectivity index (χ3v) is 6.21. The number of hydrogen-bond donors (Lipinski definition) is 0. The van der Waals surface area contributed by atoms with Crippen molar-refractivity contribution in [3.63, 3.8) is 0 Å². The third kappa shape index (κ3) is 4.40. The smallest absolute Gasteiger partial charge is 0.115 e.